The Hall–Kier alpha value is -3.24. The molecule has 1 heterocycles. The van der Waals surface area contributed by atoms with Gasteiger partial charge in [-0.15, -0.1) is 0 Å². The summed E-state index contributed by atoms with van der Waals surface area (Å²) in [6.45, 7) is 1.81. The molecule has 0 unspecified atom stereocenters. The van der Waals surface area contributed by atoms with Crippen LogP contribution >= 0.6 is 39.1 Å². The van der Waals surface area contributed by atoms with Gasteiger partial charge in [0.25, 0.3) is 0 Å². The first-order chi connectivity index (χ1) is 21.1. The van der Waals surface area contributed by atoms with Crippen LogP contribution in [0, 0.1) is 0 Å². The second-order valence-electron chi connectivity index (χ2n) is 10.4. The van der Waals surface area contributed by atoms with Gasteiger partial charge >= 0.3 is 11.9 Å². The summed E-state index contributed by atoms with van der Waals surface area (Å²) in [7, 11) is 2.12. The van der Waals surface area contributed by atoms with Gasteiger partial charge in [-0.2, -0.15) is 0 Å². The second kappa shape index (κ2) is 16.2. The number of benzene rings is 4. The number of fused-ring (bicyclic) bond motifs is 1. The smallest absolute Gasteiger partial charge is 0.336 e. The van der Waals surface area contributed by atoms with Gasteiger partial charge in [0.15, 0.2) is 12.2 Å². The van der Waals surface area contributed by atoms with Crippen LogP contribution in [0.15, 0.2) is 102 Å². The van der Waals surface area contributed by atoms with Crippen LogP contribution in [0.3, 0.4) is 0 Å². The monoisotopic (exact) mass is 699 g/mol. The lowest BCUT2D eigenvalue weighted by molar-refractivity contribution is -0.179. The summed E-state index contributed by atoms with van der Waals surface area (Å²) in [6.07, 6.45) is -3.21. The molecular weight excluding hydrogens is 669 g/mol. The Balaban J connectivity index is 0.000000204. The van der Waals surface area contributed by atoms with E-state index in [2.05, 4.69) is 52.1 Å². The van der Waals surface area contributed by atoms with E-state index in [1.165, 1.54) is 16.7 Å². The molecule has 1 aliphatic heterocycles. The summed E-state index contributed by atoms with van der Waals surface area (Å²) < 4.78 is 11.7. The van der Waals surface area contributed by atoms with Gasteiger partial charge in [0.1, 0.15) is 0 Å². The highest BCUT2D eigenvalue weighted by Gasteiger charge is 2.36. The number of carboxylic acid groups (broad SMARTS) is 2. The van der Waals surface area contributed by atoms with Crippen molar-refractivity contribution in [1.29, 1.82) is 0 Å². The van der Waals surface area contributed by atoms with Crippen LogP contribution < -0.4 is 0 Å². The highest BCUT2D eigenvalue weighted by atomic mass is 79.9. The third kappa shape index (κ3) is 9.38. The molecule has 0 spiro atoms. The van der Waals surface area contributed by atoms with Crippen molar-refractivity contribution in [2.45, 2.75) is 37.9 Å². The fourth-order valence-electron chi connectivity index (χ4n) is 4.95. The van der Waals surface area contributed by atoms with Crippen molar-refractivity contribution in [1.82, 2.24) is 4.90 Å². The maximum Gasteiger partial charge on any atom is 0.336 e. The van der Waals surface area contributed by atoms with Gasteiger partial charge in [0.05, 0.1) is 13.2 Å². The van der Waals surface area contributed by atoms with Crippen LogP contribution in [-0.2, 0) is 38.8 Å². The second-order valence-corrected chi connectivity index (χ2v) is 12.1. The molecule has 5 rings (SSSR count). The molecule has 44 heavy (non-hydrogen) atoms. The molecule has 4 aromatic carbocycles. The van der Waals surface area contributed by atoms with E-state index in [1.54, 1.807) is 48.5 Å². The molecule has 0 fully saturated rings. The number of hydrogen-bond donors (Lipinski definition) is 2. The number of carbonyl (C=O) groups is 2. The van der Waals surface area contributed by atoms with Crippen LogP contribution in [0.5, 0.6) is 0 Å². The fraction of sp³-hybridized carbons (Fsp3) is 0.235. The molecule has 4 aromatic rings. The minimum absolute atomic E-state index is 0.0176. The van der Waals surface area contributed by atoms with E-state index in [1.807, 2.05) is 24.3 Å². The number of nitrogens with zero attached hydrogens (tertiary/aromatic N) is 1. The third-order valence-electron chi connectivity index (χ3n) is 7.05. The zero-order valence-corrected chi connectivity index (χ0v) is 27.0. The molecule has 0 saturated heterocycles. The maximum absolute atomic E-state index is 11.4. The number of rotatable bonds is 10. The fourth-order valence-corrected chi connectivity index (χ4v) is 5.94. The molecule has 0 saturated carbocycles. The van der Waals surface area contributed by atoms with Crippen LogP contribution in [0.2, 0.25) is 10.0 Å². The Morgan fingerprint density at radius 3 is 1.89 bits per heavy atom. The topological polar surface area (TPSA) is 96.3 Å². The highest BCUT2D eigenvalue weighted by molar-refractivity contribution is 9.10. The lowest BCUT2D eigenvalue weighted by atomic mass is 9.85. The molecule has 3 atom stereocenters. The van der Waals surface area contributed by atoms with Crippen molar-refractivity contribution >= 4 is 51.1 Å². The summed E-state index contributed by atoms with van der Waals surface area (Å²) in [4.78, 5) is 25.1. The molecule has 0 radical (unpaired) electrons. The first-order valence-electron chi connectivity index (χ1n) is 13.8. The van der Waals surface area contributed by atoms with Crippen molar-refractivity contribution in [3.63, 3.8) is 0 Å². The highest BCUT2D eigenvalue weighted by Crippen LogP contribution is 2.38. The molecule has 0 aromatic heterocycles. The average molecular weight is 701 g/mol. The molecule has 0 bridgehead atoms. The molecule has 7 nitrogen and oxygen atoms in total. The number of likely N-dealkylation sites (N-methyl/N-ethyl adjacent to an activating group) is 1. The van der Waals surface area contributed by atoms with Crippen molar-refractivity contribution in [3.8, 4) is 0 Å². The Morgan fingerprint density at radius 1 is 0.841 bits per heavy atom. The molecule has 1 aliphatic rings. The van der Waals surface area contributed by atoms with Gasteiger partial charge < -0.3 is 24.6 Å². The summed E-state index contributed by atoms with van der Waals surface area (Å²) in [6, 6.07) is 30.2. The molecular formula is C34H32BrCl2NO6. The molecule has 0 aliphatic carbocycles. The number of hydrogen-bond acceptors (Lipinski definition) is 5. The first-order valence-corrected chi connectivity index (χ1v) is 15.4. The Bertz CT molecular complexity index is 1500. The summed E-state index contributed by atoms with van der Waals surface area (Å²) in [5.41, 5.74) is 5.21. The number of carboxylic acids is 2. The van der Waals surface area contributed by atoms with Gasteiger partial charge in [-0.3, -0.25) is 0 Å². The van der Waals surface area contributed by atoms with Crippen LogP contribution in [-0.4, -0.2) is 52.9 Å². The third-order valence-corrected chi connectivity index (χ3v) is 8.10. The SMILES string of the molecule is CN1Cc2c(Cl)cc(Cl)cc2[C@H](c2cccc(Br)c2)C1.O=C(O)[C@@H](OCc1ccccc1)[C@H](OCc1ccccc1)C(=O)O. The largest absolute Gasteiger partial charge is 0.479 e. The maximum atomic E-state index is 11.4. The van der Waals surface area contributed by atoms with Crippen molar-refractivity contribution < 1.29 is 29.3 Å². The van der Waals surface area contributed by atoms with Crippen LogP contribution in [0.1, 0.15) is 33.7 Å². The molecule has 230 valence electrons. The first kappa shape index (κ1) is 33.6. The van der Waals surface area contributed by atoms with Crippen molar-refractivity contribution in [3.05, 3.63) is 139 Å². The molecule has 0 amide bonds. The number of ether oxygens (including phenoxy) is 2. The quantitative estimate of drug-likeness (QED) is 0.175. The van der Waals surface area contributed by atoms with Gasteiger partial charge in [-0.1, -0.05) is 112 Å². The van der Waals surface area contributed by atoms with Crippen molar-refractivity contribution in [2.75, 3.05) is 13.6 Å². The lowest BCUT2D eigenvalue weighted by Crippen LogP contribution is -2.43. The van der Waals surface area contributed by atoms with Gasteiger partial charge in [-0.25, -0.2) is 9.59 Å². The van der Waals surface area contributed by atoms with Gasteiger partial charge in [-0.05, 0) is 59.1 Å². The number of aliphatic carboxylic acids is 2. The normalized spacial score (nSPS) is 15.8. The summed E-state index contributed by atoms with van der Waals surface area (Å²) in [5.74, 6) is -2.46. The predicted molar refractivity (Wildman–Crippen MR) is 174 cm³/mol. The molecule has 2 N–H and O–H groups in total. The van der Waals surface area contributed by atoms with E-state index >= 15 is 0 Å². The van der Waals surface area contributed by atoms with E-state index in [4.69, 9.17) is 32.7 Å². The Kier molecular flexibility index (Phi) is 12.4. The van der Waals surface area contributed by atoms with E-state index in [0.29, 0.717) is 10.9 Å². The minimum atomic E-state index is -1.61. The Labute approximate surface area is 275 Å². The minimum Gasteiger partial charge on any atom is -0.479 e. The zero-order chi connectivity index (χ0) is 31.6. The summed E-state index contributed by atoms with van der Waals surface area (Å²) in [5, 5.41) is 20.1. The van der Waals surface area contributed by atoms with E-state index in [0.717, 1.165) is 33.7 Å². The zero-order valence-electron chi connectivity index (χ0n) is 23.9. The van der Waals surface area contributed by atoms with Gasteiger partial charge in [0.2, 0.25) is 0 Å². The van der Waals surface area contributed by atoms with E-state index < -0.39 is 24.1 Å². The number of halogens is 3. The molecule has 10 heteroatoms. The standard InChI is InChI=1S/C18H18O6.C16H14BrCl2N/c19-17(20)15(23-11-13-7-3-1-4-8-13)16(18(21)22)24-12-14-9-5-2-6-10-14;1-20-8-14(10-3-2-4-11(17)5-10)13-6-12(18)7-16(19)15(13)9-20/h1-10,15-16H,11-12H2,(H,19,20)(H,21,22);2-7,14H,8-9H2,1H3/t15-,16-;14-/m00/s1. The van der Waals surface area contributed by atoms with Crippen LogP contribution in [0.4, 0.5) is 0 Å². The van der Waals surface area contributed by atoms with E-state index in [-0.39, 0.29) is 13.2 Å². The van der Waals surface area contributed by atoms with Gasteiger partial charge in [0, 0.05) is 33.5 Å². The predicted octanol–water partition coefficient (Wildman–Crippen LogP) is 7.66. The van der Waals surface area contributed by atoms with E-state index in [9.17, 15) is 19.8 Å². The van der Waals surface area contributed by atoms with Crippen LogP contribution in [0.25, 0.3) is 0 Å². The van der Waals surface area contributed by atoms with Crippen molar-refractivity contribution in [2.24, 2.45) is 0 Å². The average Bonchev–Trinajstić information content (AvgIpc) is 3.00. The Morgan fingerprint density at radius 2 is 1.39 bits per heavy atom. The summed E-state index contributed by atoms with van der Waals surface area (Å²) >= 11 is 16.1. The lowest BCUT2D eigenvalue weighted by Gasteiger charge is -2.33.